The van der Waals surface area contributed by atoms with Crippen LogP contribution in [0.2, 0.25) is 0 Å². The third-order valence-electron chi connectivity index (χ3n) is 3.65. The molecule has 4 nitrogen and oxygen atoms in total. The van der Waals surface area contributed by atoms with E-state index in [-0.39, 0.29) is 11.9 Å². The Bertz CT molecular complexity index is 667. The minimum absolute atomic E-state index is 0.0735. The Morgan fingerprint density at radius 3 is 2.87 bits per heavy atom. The second-order valence-corrected chi connectivity index (χ2v) is 6.75. The molecule has 0 aliphatic heterocycles. The molecule has 1 atom stereocenters. The number of oxazole rings is 1. The molecule has 23 heavy (non-hydrogen) atoms. The van der Waals surface area contributed by atoms with Crippen LogP contribution >= 0.6 is 11.8 Å². The van der Waals surface area contributed by atoms with Gasteiger partial charge in [0.2, 0.25) is 11.8 Å². The minimum Gasteiger partial charge on any atom is -0.441 e. The van der Waals surface area contributed by atoms with E-state index >= 15 is 0 Å². The Morgan fingerprint density at radius 1 is 1.39 bits per heavy atom. The second-order valence-electron chi connectivity index (χ2n) is 5.76. The van der Waals surface area contributed by atoms with Crippen molar-refractivity contribution in [1.82, 2.24) is 10.3 Å². The molecule has 0 aliphatic rings. The maximum Gasteiger partial charge on any atom is 0.230 e. The number of thioether (sulfide) groups is 1. The topological polar surface area (TPSA) is 55.1 Å². The van der Waals surface area contributed by atoms with E-state index in [0.717, 1.165) is 23.4 Å². The molecule has 2 aromatic rings. The molecule has 0 saturated heterocycles. The third kappa shape index (κ3) is 5.13. The highest BCUT2D eigenvalue weighted by Crippen LogP contribution is 2.24. The van der Waals surface area contributed by atoms with E-state index in [9.17, 15) is 4.79 Å². The summed E-state index contributed by atoms with van der Waals surface area (Å²) in [6.07, 6.45) is 0.943. The van der Waals surface area contributed by atoms with Crippen LogP contribution in [-0.2, 0) is 10.5 Å². The number of aryl methyl sites for hydroxylation is 2. The van der Waals surface area contributed by atoms with Gasteiger partial charge in [-0.3, -0.25) is 4.79 Å². The van der Waals surface area contributed by atoms with Crippen molar-refractivity contribution in [2.24, 2.45) is 0 Å². The third-order valence-corrected chi connectivity index (χ3v) is 4.59. The van der Waals surface area contributed by atoms with Gasteiger partial charge in [-0.1, -0.05) is 24.6 Å². The van der Waals surface area contributed by atoms with Crippen LogP contribution in [0.15, 0.2) is 28.7 Å². The summed E-state index contributed by atoms with van der Waals surface area (Å²) in [7, 11) is 0. The molecule has 0 spiro atoms. The van der Waals surface area contributed by atoms with E-state index in [2.05, 4.69) is 23.3 Å². The largest absolute Gasteiger partial charge is 0.441 e. The van der Waals surface area contributed by atoms with E-state index in [1.54, 1.807) is 11.8 Å². The fourth-order valence-corrected chi connectivity index (χ4v) is 2.95. The standard InChI is InChI=1S/C18H24N2O2S/c1-5-13(3)19-17(21)11-23-10-16-14(4)22-18(20-16)15-8-6-7-12(2)9-15/h6-9,13H,5,10-11H2,1-4H3,(H,19,21)/t13-/m1/s1. The lowest BCUT2D eigenvalue weighted by Crippen LogP contribution is -2.33. The van der Waals surface area contributed by atoms with Gasteiger partial charge in [0.05, 0.1) is 11.4 Å². The summed E-state index contributed by atoms with van der Waals surface area (Å²) >= 11 is 1.56. The smallest absolute Gasteiger partial charge is 0.230 e. The predicted octanol–water partition coefficient (Wildman–Crippen LogP) is 4.11. The lowest BCUT2D eigenvalue weighted by atomic mass is 10.1. The van der Waals surface area contributed by atoms with E-state index in [0.29, 0.717) is 17.4 Å². The number of benzene rings is 1. The van der Waals surface area contributed by atoms with Crippen molar-refractivity contribution in [2.75, 3.05) is 5.75 Å². The van der Waals surface area contributed by atoms with Crippen molar-refractivity contribution >= 4 is 17.7 Å². The Morgan fingerprint density at radius 2 is 2.17 bits per heavy atom. The average molecular weight is 332 g/mol. The van der Waals surface area contributed by atoms with Crippen LogP contribution in [0.5, 0.6) is 0 Å². The number of nitrogens with one attached hydrogen (secondary N) is 1. The fourth-order valence-electron chi connectivity index (χ4n) is 2.12. The fraction of sp³-hybridized carbons (Fsp3) is 0.444. The summed E-state index contributed by atoms with van der Waals surface area (Å²) in [5.41, 5.74) is 3.07. The first-order valence-electron chi connectivity index (χ1n) is 7.90. The first kappa shape index (κ1) is 17.6. The van der Waals surface area contributed by atoms with Crippen molar-refractivity contribution in [1.29, 1.82) is 0 Å². The first-order valence-corrected chi connectivity index (χ1v) is 9.05. The molecule has 1 N–H and O–H groups in total. The molecule has 1 aromatic heterocycles. The Balaban J connectivity index is 1.93. The minimum atomic E-state index is 0.0735. The molecule has 0 radical (unpaired) electrons. The number of nitrogens with zero attached hydrogens (tertiary/aromatic N) is 1. The zero-order valence-electron chi connectivity index (χ0n) is 14.2. The monoisotopic (exact) mass is 332 g/mol. The SMILES string of the molecule is CC[C@@H](C)NC(=O)CSCc1nc(-c2cccc(C)c2)oc1C. The summed E-state index contributed by atoms with van der Waals surface area (Å²) in [5.74, 6) is 2.65. The van der Waals surface area contributed by atoms with Crippen molar-refractivity contribution in [3.8, 4) is 11.5 Å². The molecule has 124 valence electrons. The number of amides is 1. The summed E-state index contributed by atoms with van der Waals surface area (Å²) in [5, 5.41) is 2.96. The molecule has 0 saturated carbocycles. The molecule has 1 amide bonds. The van der Waals surface area contributed by atoms with Crippen LogP contribution in [0.1, 0.15) is 37.3 Å². The lowest BCUT2D eigenvalue weighted by molar-refractivity contribution is -0.119. The summed E-state index contributed by atoms with van der Waals surface area (Å²) in [6.45, 7) is 8.04. The van der Waals surface area contributed by atoms with Gasteiger partial charge in [-0.05, 0) is 39.3 Å². The zero-order valence-corrected chi connectivity index (χ0v) is 15.0. The van der Waals surface area contributed by atoms with Crippen molar-refractivity contribution in [3.05, 3.63) is 41.3 Å². The van der Waals surface area contributed by atoms with Crippen LogP contribution in [0.4, 0.5) is 0 Å². The van der Waals surface area contributed by atoms with Crippen molar-refractivity contribution in [2.45, 2.75) is 45.9 Å². The molecular formula is C18H24N2O2S. The molecule has 0 unspecified atom stereocenters. The van der Waals surface area contributed by atoms with Crippen molar-refractivity contribution < 1.29 is 9.21 Å². The molecule has 1 heterocycles. The molecular weight excluding hydrogens is 308 g/mol. The van der Waals surface area contributed by atoms with E-state index in [1.807, 2.05) is 39.0 Å². The Hall–Kier alpha value is -1.75. The lowest BCUT2D eigenvalue weighted by Gasteiger charge is -2.10. The Labute approximate surface area is 142 Å². The maximum absolute atomic E-state index is 11.8. The summed E-state index contributed by atoms with van der Waals surface area (Å²) in [4.78, 5) is 16.4. The normalized spacial score (nSPS) is 12.2. The van der Waals surface area contributed by atoms with E-state index in [1.165, 1.54) is 5.56 Å². The average Bonchev–Trinajstić information content (AvgIpc) is 2.88. The van der Waals surface area contributed by atoms with Crippen LogP contribution in [-0.4, -0.2) is 22.7 Å². The zero-order chi connectivity index (χ0) is 16.8. The van der Waals surface area contributed by atoms with Gasteiger partial charge >= 0.3 is 0 Å². The molecule has 0 bridgehead atoms. The Kier molecular flexibility index (Phi) is 6.28. The first-order chi connectivity index (χ1) is 11.0. The number of hydrogen-bond acceptors (Lipinski definition) is 4. The maximum atomic E-state index is 11.8. The van der Waals surface area contributed by atoms with E-state index in [4.69, 9.17) is 4.42 Å². The van der Waals surface area contributed by atoms with Gasteiger partial charge in [-0.15, -0.1) is 11.8 Å². The number of rotatable bonds is 7. The molecule has 0 aliphatic carbocycles. The molecule has 5 heteroatoms. The van der Waals surface area contributed by atoms with Gasteiger partial charge in [-0.2, -0.15) is 0 Å². The molecule has 0 fully saturated rings. The van der Waals surface area contributed by atoms with Gasteiger partial charge in [0.15, 0.2) is 0 Å². The highest BCUT2D eigenvalue weighted by Gasteiger charge is 2.12. The van der Waals surface area contributed by atoms with Crippen LogP contribution in [0.25, 0.3) is 11.5 Å². The number of carbonyl (C=O) groups excluding carboxylic acids is 1. The van der Waals surface area contributed by atoms with Gasteiger partial charge in [0.1, 0.15) is 5.76 Å². The van der Waals surface area contributed by atoms with Crippen LogP contribution in [0.3, 0.4) is 0 Å². The van der Waals surface area contributed by atoms with Gasteiger partial charge in [0, 0.05) is 17.4 Å². The highest BCUT2D eigenvalue weighted by atomic mass is 32.2. The quantitative estimate of drug-likeness (QED) is 0.829. The van der Waals surface area contributed by atoms with Crippen molar-refractivity contribution in [3.63, 3.8) is 0 Å². The number of aromatic nitrogens is 1. The molecule has 1 aromatic carbocycles. The van der Waals surface area contributed by atoms with E-state index < -0.39 is 0 Å². The highest BCUT2D eigenvalue weighted by molar-refractivity contribution is 7.99. The van der Waals surface area contributed by atoms with Gasteiger partial charge < -0.3 is 9.73 Å². The predicted molar refractivity (Wildman–Crippen MR) is 95.5 cm³/mol. The van der Waals surface area contributed by atoms with Crippen LogP contribution < -0.4 is 5.32 Å². The summed E-state index contributed by atoms with van der Waals surface area (Å²) < 4.78 is 5.77. The molecule has 2 rings (SSSR count). The van der Waals surface area contributed by atoms with Crippen LogP contribution in [0, 0.1) is 13.8 Å². The van der Waals surface area contributed by atoms with Gasteiger partial charge in [-0.25, -0.2) is 4.98 Å². The number of carbonyl (C=O) groups is 1. The van der Waals surface area contributed by atoms with Gasteiger partial charge in [0.25, 0.3) is 0 Å². The second kappa shape index (κ2) is 8.20. The number of hydrogen-bond donors (Lipinski definition) is 1. The summed E-state index contributed by atoms with van der Waals surface area (Å²) in [6, 6.07) is 8.32.